The van der Waals surface area contributed by atoms with Crippen molar-refractivity contribution in [3.8, 4) is 5.69 Å². The Labute approximate surface area is 129 Å². The van der Waals surface area contributed by atoms with Crippen LogP contribution < -0.4 is 5.32 Å². The summed E-state index contributed by atoms with van der Waals surface area (Å²) in [6.07, 6.45) is 1.86. The Morgan fingerprint density at radius 1 is 1.32 bits per heavy atom. The summed E-state index contributed by atoms with van der Waals surface area (Å²) in [6, 6.07) is 5.89. The number of hydrogen-bond donors (Lipinski definition) is 1. The van der Waals surface area contributed by atoms with Crippen molar-refractivity contribution in [2.24, 2.45) is 0 Å². The molecule has 0 aliphatic heterocycles. The lowest BCUT2D eigenvalue weighted by atomic mass is 9.99. The Kier molecular flexibility index (Phi) is 4.59. The summed E-state index contributed by atoms with van der Waals surface area (Å²) >= 11 is 0. The van der Waals surface area contributed by atoms with Crippen molar-refractivity contribution in [1.82, 2.24) is 20.3 Å². The lowest BCUT2D eigenvalue weighted by Gasteiger charge is -2.25. The maximum Gasteiger partial charge on any atom is 0.274 e. The fraction of sp³-hybridized carbons (Fsp3) is 0.438. The molecule has 0 unspecified atom stereocenters. The molecule has 2 aromatic rings. The van der Waals surface area contributed by atoms with Crippen molar-refractivity contribution < 1.29 is 9.18 Å². The first-order valence-electron chi connectivity index (χ1n) is 7.35. The molecule has 0 fully saturated rings. The fourth-order valence-electron chi connectivity index (χ4n) is 2.42. The molecule has 0 aliphatic carbocycles. The van der Waals surface area contributed by atoms with Gasteiger partial charge in [-0.1, -0.05) is 18.6 Å². The third-order valence-electron chi connectivity index (χ3n) is 3.51. The Bertz CT molecular complexity index is 661. The van der Waals surface area contributed by atoms with Gasteiger partial charge in [0.25, 0.3) is 5.91 Å². The molecule has 1 N–H and O–H groups in total. The van der Waals surface area contributed by atoms with Gasteiger partial charge in [0.15, 0.2) is 5.69 Å². The molecule has 0 saturated heterocycles. The molecule has 1 aromatic carbocycles. The van der Waals surface area contributed by atoms with E-state index in [9.17, 15) is 9.18 Å². The number of amides is 1. The summed E-state index contributed by atoms with van der Waals surface area (Å²) in [5, 5.41) is 10.9. The van der Waals surface area contributed by atoms with Crippen LogP contribution in [-0.2, 0) is 0 Å². The van der Waals surface area contributed by atoms with Crippen molar-refractivity contribution in [2.45, 2.75) is 46.1 Å². The molecule has 0 atom stereocenters. The number of rotatable bonds is 5. The van der Waals surface area contributed by atoms with E-state index in [4.69, 9.17) is 0 Å². The van der Waals surface area contributed by atoms with Crippen LogP contribution >= 0.6 is 0 Å². The van der Waals surface area contributed by atoms with Crippen LogP contribution in [0.15, 0.2) is 24.3 Å². The zero-order valence-corrected chi connectivity index (χ0v) is 13.4. The van der Waals surface area contributed by atoms with E-state index in [0.29, 0.717) is 11.4 Å². The molecule has 0 aliphatic rings. The van der Waals surface area contributed by atoms with Gasteiger partial charge in [-0.15, -0.1) is 5.10 Å². The summed E-state index contributed by atoms with van der Waals surface area (Å²) in [7, 11) is 0. The minimum Gasteiger partial charge on any atom is -0.346 e. The van der Waals surface area contributed by atoms with Gasteiger partial charge in [-0.25, -0.2) is 9.07 Å². The summed E-state index contributed by atoms with van der Waals surface area (Å²) in [5.41, 5.74) is 1.28. The van der Waals surface area contributed by atoms with Crippen molar-refractivity contribution in [3.63, 3.8) is 0 Å². The summed E-state index contributed by atoms with van der Waals surface area (Å²) in [4.78, 5) is 12.4. The van der Waals surface area contributed by atoms with E-state index < -0.39 is 0 Å². The zero-order chi connectivity index (χ0) is 16.3. The van der Waals surface area contributed by atoms with Crippen molar-refractivity contribution in [2.75, 3.05) is 0 Å². The van der Waals surface area contributed by atoms with Gasteiger partial charge in [-0.2, -0.15) is 0 Å². The quantitative estimate of drug-likeness (QED) is 0.923. The molecule has 0 spiro atoms. The average molecular weight is 304 g/mol. The summed E-state index contributed by atoms with van der Waals surface area (Å²) < 4.78 is 14.5. The molecule has 5 nitrogen and oxygen atoms in total. The lowest BCUT2D eigenvalue weighted by Crippen LogP contribution is -2.43. The third kappa shape index (κ3) is 3.50. The lowest BCUT2D eigenvalue weighted by molar-refractivity contribution is 0.0903. The molecule has 0 radical (unpaired) electrons. The first-order chi connectivity index (χ1) is 10.3. The van der Waals surface area contributed by atoms with Gasteiger partial charge in [0.05, 0.1) is 11.4 Å². The molecular formula is C16H21FN4O. The Morgan fingerprint density at radius 2 is 1.95 bits per heavy atom. The van der Waals surface area contributed by atoms with E-state index in [0.717, 1.165) is 12.8 Å². The molecule has 1 amide bonds. The number of nitrogens with zero attached hydrogens (tertiary/aromatic N) is 3. The van der Waals surface area contributed by atoms with E-state index in [-0.39, 0.29) is 23.0 Å². The first-order valence-corrected chi connectivity index (χ1v) is 7.35. The molecule has 1 heterocycles. The van der Waals surface area contributed by atoms with Crippen molar-refractivity contribution in [3.05, 3.63) is 41.5 Å². The first kappa shape index (κ1) is 16.1. The minimum atomic E-state index is -0.319. The van der Waals surface area contributed by atoms with Gasteiger partial charge < -0.3 is 5.32 Å². The highest BCUT2D eigenvalue weighted by atomic mass is 19.1. The van der Waals surface area contributed by atoms with Crippen LogP contribution in [0.3, 0.4) is 0 Å². The van der Waals surface area contributed by atoms with E-state index in [2.05, 4.69) is 22.6 Å². The van der Waals surface area contributed by atoms with E-state index >= 15 is 0 Å². The molecule has 22 heavy (non-hydrogen) atoms. The fourth-order valence-corrected chi connectivity index (χ4v) is 2.42. The van der Waals surface area contributed by atoms with Gasteiger partial charge in [0.2, 0.25) is 0 Å². The molecular weight excluding hydrogens is 283 g/mol. The average Bonchev–Trinajstić information content (AvgIpc) is 2.81. The van der Waals surface area contributed by atoms with Crippen LogP contribution in [0.1, 0.15) is 49.8 Å². The second kappa shape index (κ2) is 6.25. The highest BCUT2D eigenvalue weighted by Gasteiger charge is 2.24. The summed E-state index contributed by atoms with van der Waals surface area (Å²) in [6.45, 7) is 7.80. The molecule has 118 valence electrons. The van der Waals surface area contributed by atoms with Crippen molar-refractivity contribution in [1.29, 1.82) is 0 Å². The summed E-state index contributed by atoms with van der Waals surface area (Å²) in [5.74, 6) is -0.565. The monoisotopic (exact) mass is 304 g/mol. The standard InChI is InChI=1S/C16H21FN4O/c1-5-10-16(3,4)18-15(22)14-11(2)21(20-19-14)13-8-6-12(17)7-9-13/h6-9H,5,10H2,1-4H3,(H,18,22). The number of nitrogens with one attached hydrogen (secondary N) is 1. The van der Waals surface area contributed by atoms with Crippen LogP contribution in [0.2, 0.25) is 0 Å². The van der Waals surface area contributed by atoms with Gasteiger partial charge in [-0.3, -0.25) is 4.79 Å². The van der Waals surface area contributed by atoms with Crippen LogP contribution in [0, 0.1) is 12.7 Å². The maximum atomic E-state index is 13.0. The third-order valence-corrected chi connectivity index (χ3v) is 3.51. The van der Waals surface area contributed by atoms with Crippen LogP contribution in [0.4, 0.5) is 4.39 Å². The molecule has 6 heteroatoms. The molecule has 0 bridgehead atoms. The number of aromatic nitrogens is 3. The molecule has 1 aromatic heterocycles. The smallest absolute Gasteiger partial charge is 0.274 e. The molecule has 0 saturated carbocycles. The van der Waals surface area contributed by atoms with E-state index in [1.165, 1.54) is 16.8 Å². The second-order valence-electron chi connectivity index (χ2n) is 6.00. The number of carbonyl (C=O) groups excluding carboxylic acids is 1. The largest absolute Gasteiger partial charge is 0.346 e. The second-order valence-corrected chi connectivity index (χ2v) is 6.00. The number of hydrogen-bond acceptors (Lipinski definition) is 3. The van der Waals surface area contributed by atoms with E-state index in [1.807, 2.05) is 13.8 Å². The van der Waals surface area contributed by atoms with Crippen LogP contribution in [0.5, 0.6) is 0 Å². The number of halogens is 1. The van der Waals surface area contributed by atoms with Gasteiger partial charge in [-0.05, 0) is 51.5 Å². The van der Waals surface area contributed by atoms with Crippen LogP contribution in [0.25, 0.3) is 5.69 Å². The zero-order valence-electron chi connectivity index (χ0n) is 13.4. The number of benzene rings is 1. The van der Waals surface area contributed by atoms with Crippen LogP contribution in [-0.4, -0.2) is 26.4 Å². The van der Waals surface area contributed by atoms with E-state index in [1.54, 1.807) is 19.1 Å². The van der Waals surface area contributed by atoms with Crippen molar-refractivity contribution >= 4 is 5.91 Å². The predicted molar refractivity (Wildman–Crippen MR) is 82.5 cm³/mol. The predicted octanol–water partition coefficient (Wildman–Crippen LogP) is 3.02. The Hall–Kier alpha value is -2.24. The molecule has 2 rings (SSSR count). The highest BCUT2D eigenvalue weighted by Crippen LogP contribution is 2.15. The SMILES string of the molecule is CCCC(C)(C)NC(=O)c1nnn(-c2ccc(F)cc2)c1C. The number of carbonyl (C=O) groups is 1. The minimum absolute atomic E-state index is 0.246. The highest BCUT2D eigenvalue weighted by molar-refractivity contribution is 5.93. The topological polar surface area (TPSA) is 59.8 Å². The Morgan fingerprint density at radius 3 is 2.55 bits per heavy atom. The normalized spacial score (nSPS) is 11.5. The Balaban J connectivity index is 2.24. The van der Waals surface area contributed by atoms with Gasteiger partial charge in [0, 0.05) is 5.54 Å². The maximum absolute atomic E-state index is 13.0. The van der Waals surface area contributed by atoms with Gasteiger partial charge in [0.1, 0.15) is 5.82 Å². The van der Waals surface area contributed by atoms with Gasteiger partial charge >= 0.3 is 0 Å².